The lowest BCUT2D eigenvalue weighted by atomic mass is 10.1. The fourth-order valence-corrected chi connectivity index (χ4v) is 2.26. The van der Waals surface area contributed by atoms with E-state index in [-0.39, 0.29) is 18.0 Å². The highest BCUT2D eigenvalue weighted by molar-refractivity contribution is 5.98. The van der Waals surface area contributed by atoms with Crippen LogP contribution in [0.1, 0.15) is 40.0 Å². The van der Waals surface area contributed by atoms with Crippen LogP contribution in [0.15, 0.2) is 11.3 Å². The Kier molecular flexibility index (Phi) is 4.97. The first-order chi connectivity index (χ1) is 8.74. The van der Waals surface area contributed by atoms with Crippen molar-refractivity contribution in [3.8, 4) is 0 Å². The Balaban J connectivity index is 2.61. The normalized spacial score (nSPS) is 15.4. The predicted octanol–water partition coefficient (Wildman–Crippen LogP) is 1.47. The predicted molar refractivity (Wildman–Crippen MR) is 78.2 cm³/mol. The monoisotopic (exact) mass is 266 g/mol. The van der Waals surface area contributed by atoms with Crippen LogP contribution in [-0.4, -0.2) is 42.8 Å². The van der Waals surface area contributed by atoms with E-state index in [1.165, 1.54) is 0 Å². The molecule has 0 aromatic heterocycles. The summed E-state index contributed by atoms with van der Waals surface area (Å²) in [5, 5.41) is 14.3. The summed E-state index contributed by atoms with van der Waals surface area (Å²) in [6.45, 7) is 6.08. The molecule has 1 rings (SSSR count). The Morgan fingerprint density at radius 3 is 2.53 bits per heavy atom. The van der Waals surface area contributed by atoms with Gasteiger partial charge in [-0.05, 0) is 40.0 Å². The van der Waals surface area contributed by atoms with Crippen LogP contribution in [0.4, 0.5) is 0 Å². The quantitative estimate of drug-likeness (QED) is 0.533. The lowest BCUT2D eigenvalue weighted by Crippen LogP contribution is -2.46. The molecule has 0 bridgehead atoms. The highest BCUT2D eigenvalue weighted by atomic mass is 16.2. The molecular weight excluding hydrogens is 240 g/mol. The Hall–Kier alpha value is -1.52. The molecule has 0 aromatic rings. The van der Waals surface area contributed by atoms with E-state index in [1.807, 2.05) is 27.8 Å². The fraction of sp³-hybridized carbons (Fsp3) is 0.714. The first-order valence-electron chi connectivity index (χ1n) is 6.75. The van der Waals surface area contributed by atoms with Crippen molar-refractivity contribution in [2.75, 3.05) is 20.6 Å². The van der Waals surface area contributed by atoms with Gasteiger partial charge in [-0.2, -0.15) is 0 Å². The summed E-state index contributed by atoms with van der Waals surface area (Å²) >= 11 is 0. The van der Waals surface area contributed by atoms with E-state index in [9.17, 15) is 4.79 Å². The third-order valence-electron chi connectivity index (χ3n) is 3.08. The van der Waals surface area contributed by atoms with Crippen molar-refractivity contribution >= 4 is 11.7 Å². The summed E-state index contributed by atoms with van der Waals surface area (Å²) in [5.74, 6) is 0.398. The Morgan fingerprint density at radius 2 is 2.00 bits per heavy atom. The molecule has 0 spiro atoms. The standard InChI is InChI=1S/C14H26N4O/c1-14(2,3)17-12(19)9-18(5)13(15)10-7-6-8-11(10)16-4/h15-16H,6-9H2,1-5H3,(H,17,19). The van der Waals surface area contributed by atoms with Crippen molar-refractivity contribution < 1.29 is 4.79 Å². The number of allylic oxidation sites excluding steroid dienone is 1. The summed E-state index contributed by atoms with van der Waals surface area (Å²) in [6.07, 6.45) is 2.99. The van der Waals surface area contributed by atoms with E-state index in [0.717, 1.165) is 30.5 Å². The number of amides is 1. The van der Waals surface area contributed by atoms with Crippen LogP contribution in [0.25, 0.3) is 0 Å². The second-order valence-corrected chi connectivity index (χ2v) is 6.06. The van der Waals surface area contributed by atoms with Gasteiger partial charge in [-0.3, -0.25) is 10.2 Å². The van der Waals surface area contributed by atoms with Crippen molar-refractivity contribution in [2.24, 2.45) is 0 Å². The van der Waals surface area contributed by atoms with E-state index in [1.54, 1.807) is 11.9 Å². The van der Waals surface area contributed by atoms with Gasteiger partial charge in [-0.1, -0.05) is 0 Å². The molecule has 0 aromatic carbocycles. The maximum absolute atomic E-state index is 11.9. The Labute approximate surface area is 115 Å². The number of rotatable bonds is 4. The molecule has 0 fully saturated rings. The minimum absolute atomic E-state index is 0.0515. The molecular formula is C14H26N4O. The molecule has 0 heterocycles. The number of nitrogens with one attached hydrogen (secondary N) is 3. The van der Waals surface area contributed by atoms with Crippen LogP contribution < -0.4 is 10.6 Å². The van der Waals surface area contributed by atoms with E-state index >= 15 is 0 Å². The molecule has 0 atom stereocenters. The van der Waals surface area contributed by atoms with Gasteiger partial charge in [-0.25, -0.2) is 0 Å². The SMILES string of the molecule is CNC1=C(C(=N)N(C)CC(=O)NC(C)(C)C)CCC1. The van der Waals surface area contributed by atoms with E-state index < -0.39 is 0 Å². The molecule has 1 amide bonds. The first kappa shape index (κ1) is 15.5. The van der Waals surface area contributed by atoms with Crippen molar-refractivity contribution in [1.82, 2.24) is 15.5 Å². The molecule has 0 aliphatic heterocycles. The van der Waals surface area contributed by atoms with Crippen LogP contribution in [0.3, 0.4) is 0 Å². The van der Waals surface area contributed by atoms with Crippen LogP contribution in [0, 0.1) is 5.41 Å². The van der Waals surface area contributed by atoms with Crippen LogP contribution in [0.5, 0.6) is 0 Å². The zero-order chi connectivity index (χ0) is 14.6. The minimum Gasteiger partial charge on any atom is -0.391 e. The van der Waals surface area contributed by atoms with Gasteiger partial charge in [0.25, 0.3) is 0 Å². The smallest absolute Gasteiger partial charge is 0.239 e. The fourth-order valence-electron chi connectivity index (χ4n) is 2.26. The Morgan fingerprint density at radius 1 is 1.37 bits per heavy atom. The molecule has 0 unspecified atom stereocenters. The summed E-state index contributed by atoms with van der Waals surface area (Å²) in [7, 11) is 3.68. The minimum atomic E-state index is -0.233. The molecule has 5 heteroatoms. The lowest BCUT2D eigenvalue weighted by Gasteiger charge is -2.25. The highest BCUT2D eigenvalue weighted by Gasteiger charge is 2.22. The molecule has 0 saturated carbocycles. The zero-order valence-electron chi connectivity index (χ0n) is 12.7. The maximum Gasteiger partial charge on any atom is 0.239 e. The van der Waals surface area contributed by atoms with Gasteiger partial charge in [0.15, 0.2) is 0 Å². The van der Waals surface area contributed by atoms with Crippen LogP contribution >= 0.6 is 0 Å². The van der Waals surface area contributed by atoms with Crippen molar-refractivity contribution in [3.63, 3.8) is 0 Å². The number of likely N-dealkylation sites (N-methyl/N-ethyl adjacent to an activating group) is 1. The number of carbonyl (C=O) groups excluding carboxylic acids is 1. The van der Waals surface area contributed by atoms with Crippen molar-refractivity contribution in [2.45, 2.75) is 45.6 Å². The zero-order valence-corrected chi connectivity index (χ0v) is 12.7. The van der Waals surface area contributed by atoms with Crippen molar-refractivity contribution in [3.05, 3.63) is 11.3 Å². The van der Waals surface area contributed by atoms with E-state index in [2.05, 4.69) is 10.6 Å². The average molecular weight is 266 g/mol. The lowest BCUT2D eigenvalue weighted by molar-refractivity contribution is -0.122. The first-order valence-corrected chi connectivity index (χ1v) is 6.75. The summed E-state index contributed by atoms with van der Waals surface area (Å²) in [5.41, 5.74) is 1.93. The third kappa shape index (κ3) is 4.58. The molecule has 1 aliphatic rings. The molecule has 3 N–H and O–H groups in total. The topological polar surface area (TPSA) is 68.2 Å². The maximum atomic E-state index is 11.9. The molecule has 5 nitrogen and oxygen atoms in total. The summed E-state index contributed by atoms with van der Waals surface area (Å²) in [6, 6.07) is 0. The largest absolute Gasteiger partial charge is 0.391 e. The van der Waals surface area contributed by atoms with Gasteiger partial charge in [0, 0.05) is 30.9 Å². The molecule has 1 aliphatic carbocycles. The van der Waals surface area contributed by atoms with Crippen LogP contribution in [0.2, 0.25) is 0 Å². The second-order valence-electron chi connectivity index (χ2n) is 6.06. The Bertz CT molecular complexity index is 393. The highest BCUT2D eigenvalue weighted by Crippen LogP contribution is 2.25. The summed E-state index contributed by atoms with van der Waals surface area (Å²) in [4.78, 5) is 13.6. The van der Waals surface area contributed by atoms with Gasteiger partial charge in [0.1, 0.15) is 5.84 Å². The van der Waals surface area contributed by atoms with E-state index in [4.69, 9.17) is 5.41 Å². The number of carbonyl (C=O) groups is 1. The molecule has 0 saturated heterocycles. The number of hydrogen-bond donors (Lipinski definition) is 3. The van der Waals surface area contributed by atoms with Gasteiger partial charge in [-0.15, -0.1) is 0 Å². The van der Waals surface area contributed by atoms with Gasteiger partial charge >= 0.3 is 0 Å². The molecule has 19 heavy (non-hydrogen) atoms. The number of amidine groups is 1. The van der Waals surface area contributed by atoms with Gasteiger partial charge < -0.3 is 15.5 Å². The molecule has 108 valence electrons. The van der Waals surface area contributed by atoms with Crippen LogP contribution in [-0.2, 0) is 4.79 Å². The van der Waals surface area contributed by atoms with E-state index in [0.29, 0.717) is 5.84 Å². The number of nitrogens with zero attached hydrogens (tertiary/aromatic N) is 1. The third-order valence-corrected chi connectivity index (χ3v) is 3.08. The summed E-state index contributed by atoms with van der Waals surface area (Å²) < 4.78 is 0. The number of hydrogen-bond acceptors (Lipinski definition) is 3. The average Bonchev–Trinajstić information content (AvgIpc) is 2.72. The molecule has 0 radical (unpaired) electrons. The van der Waals surface area contributed by atoms with Crippen molar-refractivity contribution in [1.29, 1.82) is 5.41 Å². The van der Waals surface area contributed by atoms with Gasteiger partial charge in [0.05, 0.1) is 6.54 Å². The van der Waals surface area contributed by atoms with Gasteiger partial charge in [0.2, 0.25) is 5.91 Å². The second kappa shape index (κ2) is 6.08.